The molecule has 1 N–H and O–H groups in total. The highest BCUT2D eigenvalue weighted by molar-refractivity contribution is 7.14. The molecule has 3 nitrogen and oxygen atoms in total. The van der Waals surface area contributed by atoms with Gasteiger partial charge in [0.05, 0.1) is 5.69 Å². The summed E-state index contributed by atoms with van der Waals surface area (Å²) in [4.78, 5) is 8.58. The number of aromatic nitrogens is 2. The number of nitrogens with one attached hydrogen (secondary N) is 1. The summed E-state index contributed by atoms with van der Waals surface area (Å²) in [5.74, 6) is -0.203. The number of hydrogen-bond donors (Lipinski definition) is 1. The van der Waals surface area contributed by atoms with E-state index in [0.29, 0.717) is 5.56 Å². The van der Waals surface area contributed by atoms with E-state index >= 15 is 0 Å². The zero-order valence-electron chi connectivity index (χ0n) is 10.8. The van der Waals surface area contributed by atoms with Crippen LogP contribution in [0.15, 0.2) is 48.1 Å². The molecule has 0 unspecified atom stereocenters. The molecule has 0 atom stereocenters. The maximum Gasteiger partial charge on any atom is 0.187 e. The van der Waals surface area contributed by atoms with Gasteiger partial charge in [0.1, 0.15) is 5.82 Å². The molecule has 5 heteroatoms. The first-order chi connectivity index (χ1) is 9.72. The van der Waals surface area contributed by atoms with Crippen molar-refractivity contribution in [2.75, 3.05) is 5.32 Å². The van der Waals surface area contributed by atoms with E-state index in [1.807, 2.05) is 17.5 Å². The summed E-state index contributed by atoms with van der Waals surface area (Å²) in [5.41, 5.74) is 3.30. The number of nitrogens with zero attached hydrogens (tertiary/aromatic N) is 2. The largest absolute Gasteiger partial charge is 0.332 e. The molecular formula is C15H12FN3S. The van der Waals surface area contributed by atoms with Crippen LogP contribution >= 0.6 is 11.3 Å². The molecule has 20 heavy (non-hydrogen) atoms. The van der Waals surface area contributed by atoms with Crippen molar-refractivity contribution in [1.29, 1.82) is 0 Å². The highest BCUT2D eigenvalue weighted by Gasteiger charge is 2.05. The lowest BCUT2D eigenvalue weighted by atomic mass is 10.2. The lowest BCUT2D eigenvalue weighted by Gasteiger charge is -2.04. The molecule has 3 rings (SSSR count). The van der Waals surface area contributed by atoms with Gasteiger partial charge in [-0.05, 0) is 42.8 Å². The Labute approximate surface area is 120 Å². The van der Waals surface area contributed by atoms with E-state index in [4.69, 9.17) is 0 Å². The summed E-state index contributed by atoms with van der Waals surface area (Å²) in [6.45, 7) is 1.74. The lowest BCUT2D eigenvalue weighted by molar-refractivity contribution is 0.619. The molecule has 2 heterocycles. The average molecular weight is 285 g/mol. The van der Waals surface area contributed by atoms with Crippen LogP contribution < -0.4 is 5.32 Å². The molecule has 2 aromatic heterocycles. The first kappa shape index (κ1) is 12.7. The van der Waals surface area contributed by atoms with Gasteiger partial charge in [-0.15, -0.1) is 11.3 Å². The molecule has 0 aliphatic carbocycles. The molecule has 0 amide bonds. The van der Waals surface area contributed by atoms with Crippen molar-refractivity contribution in [3.05, 3.63) is 59.5 Å². The molecule has 3 aromatic rings. The molecule has 0 radical (unpaired) electrons. The topological polar surface area (TPSA) is 37.8 Å². The van der Waals surface area contributed by atoms with Gasteiger partial charge in [0.15, 0.2) is 5.13 Å². The fourth-order valence-corrected chi connectivity index (χ4v) is 2.56. The summed E-state index contributed by atoms with van der Waals surface area (Å²) < 4.78 is 13.2. The van der Waals surface area contributed by atoms with Crippen molar-refractivity contribution < 1.29 is 4.39 Å². The average Bonchev–Trinajstić information content (AvgIpc) is 2.92. The second kappa shape index (κ2) is 5.38. The van der Waals surface area contributed by atoms with Crippen LogP contribution in [-0.2, 0) is 0 Å². The van der Waals surface area contributed by atoms with Crippen LogP contribution in [0.2, 0.25) is 0 Å². The lowest BCUT2D eigenvalue weighted by Crippen LogP contribution is -1.91. The third kappa shape index (κ3) is 2.67. The van der Waals surface area contributed by atoms with Crippen LogP contribution in [-0.4, -0.2) is 9.97 Å². The third-order valence-corrected chi connectivity index (χ3v) is 3.63. The smallest absolute Gasteiger partial charge is 0.187 e. The molecule has 0 bridgehead atoms. The number of benzene rings is 1. The van der Waals surface area contributed by atoms with Gasteiger partial charge in [-0.2, -0.15) is 0 Å². The molecule has 0 saturated heterocycles. The van der Waals surface area contributed by atoms with Crippen molar-refractivity contribution in [3.8, 4) is 11.3 Å². The number of hydrogen-bond acceptors (Lipinski definition) is 4. The quantitative estimate of drug-likeness (QED) is 0.775. The van der Waals surface area contributed by atoms with Crippen molar-refractivity contribution in [3.63, 3.8) is 0 Å². The van der Waals surface area contributed by atoms with E-state index in [1.54, 1.807) is 31.5 Å². The number of aryl methyl sites for hydroxylation is 1. The Balaban J connectivity index is 1.82. The van der Waals surface area contributed by atoms with E-state index in [0.717, 1.165) is 22.1 Å². The Morgan fingerprint density at radius 2 is 2.15 bits per heavy atom. The molecule has 100 valence electrons. The monoisotopic (exact) mass is 285 g/mol. The van der Waals surface area contributed by atoms with E-state index in [-0.39, 0.29) is 5.82 Å². The van der Waals surface area contributed by atoms with Crippen LogP contribution in [0, 0.1) is 12.7 Å². The van der Waals surface area contributed by atoms with Crippen LogP contribution in [0.25, 0.3) is 11.3 Å². The van der Waals surface area contributed by atoms with Crippen molar-refractivity contribution >= 4 is 22.2 Å². The zero-order valence-corrected chi connectivity index (χ0v) is 11.6. The molecule has 0 spiro atoms. The van der Waals surface area contributed by atoms with Gasteiger partial charge >= 0.3 is 0 Å². The number of thiazole rings is 1. The first-order valence-corrected chi connectivity index (χ1v) is 6.99. The predicted molar refractivity (Wildman–Crippen MR) is 79.8 cm³/mol. The van der Waals surface area contributed by atoms with Gasteiger partial charge in [-0.25, -0.2) is 9.37 Å². The number of rotatable bonds is 3. The molecule has 0 aliphatic rings. The zero-order chi connectivity index (χ0) is 13.9. The van der Waals surface area contributed by atoms with Crippen LogP contribution in [0.3, 0.4) is 0 Å². The van der Waals surface area contributed by atoms with Gasteiger partial charge in [-0.1, -0.05) is 0 Å². The summed E-state index contributed by atoms with van der Waals surface area (Å²) in [5, 5.41) is 5.92. The van der Waals surface area contributed by atoms with E-state index < -0.39 is 0 Å². The maximum absolute atomic E-state index is 13.2. The van der Waals surface area contributed by atoms with Gasteiger partial charge < -0.3 is 5.32 Å². The summed E-state index contributed by atoms with van der Waals surface area (Å²) in [6, 6.07) is 8.76. The van der Waals surface area contributed by atoms with Crippen LogP contribution in [0.4, 0.5) is 15.2 Å². The fraction of sp³-hybridized carbons (Fsp3) is 0.0667. The second-order valence-corrected chi connectivity index (χ2v) is 5.23. The van der Waals surface area contributed by atoms with Gasteiger partial charge in [0.2, 0.25) is 0 Å². The minimum Gasteiger partial charge on any atom is -0.332 e. The maximum atomic E-state index is 13.2. The van der Waals surface area contributed by atoms with Gasteiger partial charge in [0.25, 0.3) is 0 Å². The van der Waals surface area contributed by atoms with Gasteiger partial charge in [0, 0.05) is 29.0 Å². The number of halogens is 1. The Bertz CT molecular complexity index is 725. The first-order valence-electron chi connectivity index (χ1n) is 6.11. The van der Waals surface area contributed by atoms with Crippen LogP contribution in [0.1, 0.15) is 5.56 Å². The van der Waals surface area contributed by atoms with E-state index in [1.165, 1.54) is 17.4 Å². The Morgan fingerprint density at radius 1 is 1.25 bits per heavy atom. The molecular weight excluding hydrogens is 273 g/mol. The SMILES string of the molecule is Cc1cc(Nc2nc(-c3cccnc3)cs2)ccc1F. The minimum absolute atomic E-state index is 0.203. The van der Waals surface area contributed by atoms with Crippen LogP contribution in [0.5, 0.6) is 0 Å². The number of anilines is 2. The van der Waals surface area contributed by atoms with Gasteiger partial charge in [-0.3, -0.25) is 4.98 Å². The Kier molecular flexibility index (Phi) is 3.43. The highest BCUT2D eigenvalue weighted by atomic mass is 32.1. The standard InChI is InChI=1S/C15H12FN3S/c1-10-7-12(4-5-13(10)16)18-15-19-14(9-20-15)11-3-2-6-17-8-11/h2-9H,1H3,(H,18,19). The van der Waals surface area contributed by atoms with E-state index in [9.17, 15) is 4.39 Å². The normalized spacial score (nSPS) is 10.5. The van der Waals surface area contributed by atoms with E-state index in [2.05, 4.69) is 15.3 Å². The second-order valence-electron chi connectivity index (χ2n) is 4.37. The Morgan fingerprint density at radius 3 is 2.90 bits per heavy atom. The fourth-order valence-electron chi connectivity index (χ4n) is 1.82. The Hall–Kier alpha value is -2.27. The van der Waals surface area contributed by atoms with Crippen molar-refractivity contribution in [1.82, 2.24) is 9.97 Å². The highest BCUT2D eigenvalue weighted by Crippen LogP contribution is 2.27. The number of pyridine rings is 1. The minimum atomic E-state index is -0.203. The van der Waals surface area contributed by atoms with Crippen molar-refractivity contribution in [2.45, 2.75) is 6.92 Å². The molecule has 0 aliphatic heterocycles. The summed E-state index contributed by atoms with van der Waals surface area (Å²) >= 11 is 1.51. The molecule has 0 saturated carbocycles. The third-order valence-electron chi connectivity index (χ3n) is 2.87. The van der Waals surface area contributed by atoms with Crippen molar-refractivity contribution in [2.24, 2.45) is 0 Å². The molecule has 0 fully saturated rings. The molecule has 1 aromatic carbocycles. The summed E-state index contributed by atoms with van der Waals surface area (Å²) in [6.07, 6.45) is 3.51. The summed E-state index contributed by atoms with van der Waals surface area (Å²) in [7, 11) is 0. The predicted octanol–water partition coefficient (Wildman–Crippen LogP) is 4.40.